The van der Waals surface area contributed by atoms with Gasteiger partial charge in [-0.15, -0.1) is 0 Å². The van der Waals surface area contributed by atoms with E-state index in [0.717, 1.165) is 43.9 Å². The lowest BCUT2D eigenvalue weighted by Gasteiger charge is -2.25. The van der Waals surface area contributed by atoms with E-state index in [0.29, 0.717) is 12.6 Å². The summed E-state index contributed by atoms with van der Waals surface area (Å²) in [5.41, 5.74) is 1.15. The Morgan fingerprint density at radius 2 is 2.26 bits per heavy atom. The minimum atomic E-state index is 0.169. The minimum Gasteiger partial charge on any atom is -0.496 e. The molecule has 1 aromatic carbocycles. The zero-order valence-corrected chi connectivity index (χ0v) is 11.5. The van der Waals surface area contributed by atoms with Crippen LogP contribution in [0.15, 0.2) is 24.3 Å². The van der Waals surface area contributed by atoms with Gasteiger partial charge in [-0.1, -0.05) is 18.2 Å². The van der Waals surface area contributed by atoms with Gasteiger partial charge in [0.2, 0.25) is 0 Å². The lowest BCUT2D eigenvalue weighted by molar-refractivity contribution is 0.0636. The summed E-state index contributed by atoms with van der Waals surface area (Å²) in [6.07, 6.45) is 2.57. The minimum absolute atomic E-state index is 0.169. The van der Waals surface area contributed by atoms with E-state index in [4.69, 9.17) is 9.47 Å². The van der Waals surface area contributed by atoms with Gasteiger partial charge in [0.15, 0.2) is 0 Å². The number of methoxy groups -OCH3 is 1. The van der Waals surface area contributed by atoms with Crippen LogP contribution in [0.4, 0.5) is 0 Å². The number of nitrogens with zero attached hydrogens (tertiary/aromatic N) is 1. The van der Waals surface area contributed by atoms with Crippen LogP contribution in [0.2, 0.25) is 0 Å². The fourth-order valence-electron chi connectivity index (χ4n) is 2.53. The van der Waals surface area contributed by atoms with Gasteiger partial charge in [-0.25, -0.2) is 0 Å². The molecule has 0 amide bonds. The van der Waals surface area contributed by atoms with Crippen LogP contribution in [-0.2, 0) is 11.3 Å². The van der Waals surface area contributed by atoms with Crippen LogP contribution in [0.5, 0.6) is 5.75 Å². The predicted octanol–water partition coefficient (Wildman–Crippen LogP) is 1.67. The molecule has 1 atom stereocenters. The molecule has 4 nitrogen and oxygen atoms in total. The molecule has 0 bridgehead atoms. The molecule has 1 fully saturated rings. The monoisotopic (exact) mass is 265 g/mol. The van der Waals surface area contributed by atoms with Crippen LogP contribution >= 0.6 is 0 Å². The van der Waals surface area contributed by atoms with Crippen molar-refractivity contribution in [2.45, 2.75) is 25.5 Å². The van der Waals surface area contributed by atoms with E-state index in [2.05, 4.69) is 11.0 Å². The van der Waals surface area contributed by atoms with Gasteiger partial charge in [0, 0.05) is 31.8 Å². The molecule has 0 saturated carbocycles. The topological polar surface area (TPSA) is 41.9 Å². The first kappa shape index (κ1) is 14.3. The first-order valence-corrected chi connectivity index (χ1v) is 6.90. The second kappa shape index (κ2) is 7.48. The molecule has 106 valence electrons. The quantitative estimate of drug-likeness (QED) is 0.814. The molecule has 1 unspecified atom stereocenters. The van der Waals surface area contributed by atoms with E-state index in [9.17, 15) is 5.11 Å². The third-order valence-corrected chi connectivity index (χ3v) is 3.49. The van der Waals surface area contributed by atoms with Gasteiger partial charge in [-0.2, -0.15) is 0 Å². The number of para-hydroxylation sites is 1. The summed E-state index contributed by atoms with van der Waals surface area (Å²) in [5, 5.41) is 9.20. The van der Waals surface area contributed by atoms with E-state index < -0.39 is 0 Å². The maximum absolute atomic E-state index is 9.20. The van der Waals surface area contributed by atoms with Crippen molar-refractivity contribution in [3.05, 3.63) is 29.8 Å². The molecule has 0 spiro atoms. The highest BCUT2D eigenvalue weighted by molar-refractivity contribution is 5.33. The summed E-state index contributed by atoms with van der Waals surface area (Å²) < 4.78 is 11.0. The van der Waals surface area contributed by atoms with Crippen LogP contribution in [0.25, 0.3) is 0 Å². The summed E-state index contributed by atoms with van der Waals surface area (Å²) in [4.78, 5) is 2.23. The zero-order valence-electron chi connectivity index (χ0n) is 11.5. The van der Waals surface area contributed by atoms with Gasteiger partial charge in [0.1, 0.15) is 5.75 Å². The predicted molar refractivity (Wildman–Crippen MR) is 74.3 cm³/mol. The molecule has 1 aromatic rings. The summed E-state index contributed by atoms with van der Waals surface area (Å²) in [7, 11) is 1.69. The summed E-state index contributed by atoms with van der Waals surface area (Å²) in [5.74, 6) is 0.901. The molecule has 1 aliphatic heterocycles. The second-order valence-electron chi connectivity index (χ2n) is 4.91. The largest absolute Gasteiger partial charge is 0.496 e. The fraction of sp³-hybridized carbons (Fsp3) is 0.600. The Bertz CT molecular complexity index is 377. The van der Waals surface area contributed by atoms with Crippen molar-refractivity contribution in [1.29, 1.82) is 0 Å². The van der Waals surface area contributed by atoms with Crippen LogP contribution in [0, 0.1) is 0 Å². The average Bonchev–Trinajstić information content (AvgIpc) is 2.92. The Kier molecular flexibility index (Phi) is 5.63. The van der Waals surface area contributed by atoms with Gasteiger partial charge in [0.05, 0.1) is 19.8 Å². The Labute approximate surface area is 114 Å². The molecule has 0 aliphatic carbocycles. The number of hydrogen-bond donors (Lipinski definition) is 1. The van der Waals surface area contributed by atoms with Gasteiger partial charge < -0.3 is 14.6 Å². The highest BCUT2D eigenvalue weighted by atomic mass is 16.5. The highest BCUT2D eigenvalue weighted by Gasteiger charge is 2.19. The molecule has 1 heterocycles. The normalized spacial score (nSPS) is 19.0. The van der Waals surface area contributed by atoms with Crippen molar-refractivity contribution < 1.29 is 14.6 Å². The van der Waals surface area contributed by atoms with E-state index >= 15 is 0 Å². The Morgan fingerprint density at radius 1 is 1.42 bits per heavy atom. The number of rotatable bonds is 7. The molecular formula is C15H23NO3. The average molecular weight is 265 g/mol. The van der Waals surface area contributed by atoms with Crippen molar-refractivity contribution in [2.24, 2.45) is 0 Å². The lowest BCUT2D eigenvalue weighted by Crippen LogP contribution is -2.34. The van der Waals surface area contributed by atoms with Crippen molar-refractivity contribution in [3.63, 3.8) is 0 Å². The number of hydrogen-bond acceptors (Lipinski definition) is 4. The molecule has 1 saturated heterocycles. The van der Waals surface area contributed by atoms with E-state index in [1.807, 2.05) is 18.2 Å². The number of aliphatic hydroxyl groups excluding tert-OH is 1. The number of benzene rings is 1. The smallest absolute Gasteiger partial charge is 0.123 e. The number of aliphatic hydroxyl groups is 1. The Balaban J connectivity index is 1.98. The Morgan fingerprint density at radius 3 is 2.95 bits per heavy atom. The third-order valence-electron chi connectivity index (χ3n) is 3.49. The first-order chi connectivity index (χ1) is 9.33. The number of ether oxygens (including phenoxy) is 2. The molecule has 2 rings (SSSR count). The molecule has 19 heavy (non-hydrogen) atoms. The molecule has 4 heteroatoms. The van der Waals surface area contributed by atoms with Gasteiger partial charge in [0.25, 0.3) is 0 Å². The van der Waals surface area contributed by atoms with Gasteiger partial charge in [-0.05, 0) is 18.9 Å². The van der Waals surface area contributed by atoms with E-state index in [1.165, 1.54) is 0 Å². The Hall–Kier alpha value is -1.10. The summed E-state index contributed by atoms with van der Waals surface area (Å²) >= 11 is 0. The molecule has 0 radical (unpaired) electrons. The maximum atomic E-state index is 9.20. The van der Waals surface area contributed by atoms with Crippen molar-refractivity contribution in [1.82, 2.24) is 4.90 Å². The molecule has 1 N–H and O–H groups in total. The summed E-state index contributed by atoms with van der Waals surface area (Å²) in [6.45, 7) is 3.36. The van der Waals surface area contributed by atoms with Gasteiger partial charge in [-0.3, -0.25) is 4.90 Å². The van der Waals surface area contributed by atoms with Crippen molar-refractivity contribution >= 4 is 0 Å². The summed E-state index contributed by atoms with van der Waals surface area (Å²) in [6, 6.07) is 8.02. The SMILES string of the molecule is COc1ccccc1CN(CCO)CC1CCCO1. The molecular weight excluding hydrogens is 242 g/mol. The first-order valence-electron chi connectivity index (χ1n) is 6.90. The van der Waals surface area contributed by atoms with Crippen molar-refractivity contribution in [3.8, 4) is 5.75 Å². The second-order valence-corrected chi connectivity index (χ2v) is 4.91. The van der Waals surface area contributed by atoms with Crippen LogP contribution in [0.3, 0.4) is 0 Å². The van der Waals surface area contributed by atoms with Crippen LogP contribution in [-0.4, -0.2) is 49.5 Å². The highest BCUT2D eigenvalue weighted by Crippen LogP contribution is 2.20. The van der Waals surface area contributed by atoms with Crippen LogP contribution in [0.1, 0.15) is 18.4 Å². The molecule has 0 aromatic heterocycles. The van der Waals surface area contributed by atoms with E-state index in [-0.39, 0.29) is 6.61 Å². The van der Waals surface area contributed by atoms with Crippen LogP contribution < -0.4 is 4.74 Å². The fourth-order valence-corrected chi connectivity index (χ4v) is 2.53. The van der Waals surface area contributed by atoms with Gasteiger partial charge >= 0.3 is 0 Å². The van der Waals surface area contributed by atoms with E-state index in [1.54, 1.807) is 7.11 Å². The molecule has 1 aliphatic rings. The standard InChI is InChI=1S/C15H23NO3/c1-18-15-7-3-2-5-13(15)11-16(8-9-17)12-14-6-4-10-19-14/h2-3,5,7,14,17H,4,6,8-12H2,1H3. The lowest BCUT2D eigenvalue weighted by atomic mass is 10.1. The zero-order chi connectivity index (χ0) is 13.5. The van der Waals surface area contributed by atoms with Crippen molar-refractivity contribution in [2.75, 3.05) is 33.4 Å². The maximum Gasteiger partial charge on any atom is 0.123 e. The third kappa shape index (κ3) is 4.20.